The van der Waals surface area contributed by atoms with Crippen LogP contribution in [0.4, 0.5) is 0 Å². The second-order valence-corrected chi connectivity index (χ2v) is 20.7. The summed E-state index contributed by atoms with van der Waals surface area (Å²) in [5.74, 6) is -0.594. The molecule has 0 radical (unpaired) electrons. The van der Waals surface area contributed by atoms with Crippen LogP contribution in [0, 0.1) is 0 Å². The van der Waals surface area contributed by atoms with Crippen LogP contribution in [0.25, 0.3) is 0 Å². The number of aliphatic hydroxyl groups excluding tert-OH is 4. The van der Waals surface area contributed by atoms with Gasteiger partial charge in [0.15, 0.2) is 0 Å². The first-order valence-electron chi connectivity index (χ1n) is 29.9. The van der Waals surface area contributed by atoms with Crippen molar-refractivity contribution in [3.05, 3.63) is 36.5 Å². The highest BCUT2D eigenvalue weighted by Crippen LogP contribution is 2.18. The van der Waals surface area contributed by atoms with Crippen LogP contribution in [-0.2, 0) is 4.79 Å². The number of carbonyl (C=O) groups excluding carboxylic acids is 1. The van der Waals surface area contributed by atoms with Crippen molar-refractivity contribution in [2.24, 2.45) is 0 Å². The zero-order valence-corrected chi connectivity index (χ0v) is 44.9. The number of carbonyl (C=O) groups is 1. The summed E-state index contributed by atoms with van der Waals surface area (Å²) in [7, 11) is 0. The van der Waals surface area contributed by atoms with Crippen LogP contribution < -0.4 is 5.32 Å². The van der Waals surface area contributed by atoms with Gasteiger partial charge in [-0.15, -0.1) is 0 Å². The zero-order chi connectivity index (χ0) is 48.8. The number of aliphatic hydroxyl groups is 4. The van der Waals surface area contributed by atoms with Crippen molar-refractivity contribution >= 4 is 5.91 Å². The second-order valence-electron chi connectivity index (χ2n) is 20.7. The number of allylic oxidation sites excluding steroid dienone is 6. The van der Waals surface area contributed by atoms with Gasteiger partial charge in [0, 0.05) is 0 Å². The monoisotopic (exact) mass is 944 g/mol. The highest BCUT2D eigenvalue weighted by atomic mass is 16.3. The lowest BCUT2D eigenvalue weighted by atomic mass is 10.00. The average Bonchev–Trinajstić information content (AvgIpc) is 3.33. The van der Waals surface area contributed by atoms with Gasteiger partial charge in [0.1, 0.15) is 12.2 Å². The van der Waals surface area contributed by atoms with E-state index >= 15 is 0 Å². The Labute approximate surface area is 417 Å². The van der Waals surface area contributed by atoms with Crippen molar-refractivity contribution in [3.63, 3.8) is 0 Å². The van der Waals surface area contributed by atoms with E-state index in [-0.39, 0.29) is 0 Å². The Balaban J connectivity index is 3.66. The first kappa shape index (κ1) is 65.5. The molecule has 0 aliphatic carbocycles. The summed E-state index contributed by atoms with van der Waals surface area (Å²) < 4.78 is 0. The van der Waals surface area contributed by atoms with Gasteiger partial charge in [-0.1, -0.05) is 288 Å². The third kappa shape index (κ3) is 49.3. The number of amides is 1. The minimum Gasteiger partial charge on any atom is -0.394 e. The van der Waals surface area contributed by atoms with Gasteiger partial charge >= 0.3 is 0 Å². The van der Waals surface area contributed by atoms with E-state index < -0.39 is 36.9 Å². The van der Waals surface area contributed by atoms with Gasteiger partial charge in [-0.2, -0.15) is 0 Å². The van der Waals surface area contributed by atoms with Crippen LogP contribution in [0.1, 0.15) is 316 Å². The maximum Gasteiger partial charge on any atom is 0.249 e. The van der Waals surface area contributed by atoms with Gasteiger partial charge in [0.05, 0.1) is 18.8 Å². The number of hydrogen-bond donors (Lipinski definition) is 5. The van der Waals surface area contributed by atoms with Gasteiger partial charge < -0.3 is 25.7 Å². The fourth-order valence-electron chi connectivity index (χ4n) is 9.38. The van der Waals surface area contributed by atoms with Crippen LogP contribution in [0.15, 0.2) is 36.5 Å². The summed E-state index contributed by atoms with van der Waals surface area (Å²) in [6.45, 7) is 4.08. The predicted octanol–water partition coefficient (Wildman–Crippen LogP) is 17.6. The van der Waals surface area contributed by atoms with Gasteiger partial charge in [-0.25, -0.2) is 0 Å². The van der Waals surface area contributed by atoms with Crippen molar-refractivity contribution < 1.29 is 25.2 Å². The normalized spacial score (nSPS) is 13.9. The fourth-order valence-corrected chi connectivity index (χ4v) is 9.38. The molecule has 396 valence electrons. The minimum atomic E-state index is -1.29. The molecule has 6 nitrogen and oxygen atoms in total. The summed E-state index contributed by atoms with van der Waals surface area (Å²) in [6, 6.07) is -1.01. The van der Waals surface area contributed by atoms with Crippen molar-refractivity contribution in [1.29, 1.82) is 0 Å². The highest BCUT2D eigenvalue weighted by molar-refractivity contribution is 5.80. The van der Waals surface area contributed by atoms with Crippen LogP contribution in [0.2, 0.25) is 0 Å². The molecule has 0 aromatic heterocycles. The Morgan fingerprint density at radius 2 is 0.627 bits per heavy atom. The molecule has 0 fully saturated rings. The van der Waals surface area contributed by atoms with E-state index in [1.807, 2.05) is 0 Å². The highest BCUT2D eigenvalue weighted by Gasteiger charge is 2.28. The molecular weight excluding hydrogens is 827 g/mol. The zero-order valence-electron chi connectivity index (χ0n) is 44.9. The molecule has 6 heteroatoms. The molecule has 0 aliphatic rings. The molecule has 0 rings (SSSR count). The van der Waals surface area contributed by atoms with Crippen molar-refractivity contribution in [2.75, 3.05) is 6.61 Å². The third-order valence-electron chi connectivity index (χ3n) is 14.1. The summed E-state index contributed by atoms with van der Waals surface area (Å²) >= 11 is 0. The van der Waals surface area contributed by atoms with E-state index in [1.54, 1.807) is 0 Å². The Bertz CT molecular complexity index is 1060. The van der Waals surface area contributed by atoms with Crippen LogP contribution >= 0.6 is 0 Å². The lowest BCUT2D eigenvalue weighted by molar-refractivity contribution is -0.132. The Kier molecular flexibility index (Phi) is 54.2. The average molecular weight is 945 g/mol. The van der Waals surface area contributed by atoms with E-state index in [0.29, 0.717) is 19.3 Å². The molecule has 0 heterocycles. The van der Waals surface area contributed by atoms with E-state index in [2.05, 4.69) is 55.6 Å². The van der Waals surface area contributed by atoms with E-state index in [4.69, 9.17) is 0 Å². The lowest BCUT2D eigenvalue weighted by Crippen LogP contribution is -2.53. The first-order chi connectivity index (χ1) is 33.0. The smallest absolute Gasteiger partial charge is 0.249 e. The number of unbranched alkanes of at least 4 members (excludes halogenated alkanes) is 40. The Morgan fingerprint density at radius 3 is 0.940 bits per heavy atom. The molecule has 0 saturated heterocycles. The van der Waals surface area contributed by atoms with Gasteiger partial charge in [0.25, 0.3) is 0 Å². The summed E-state index contributed by atoms with van der Waals surface area (Å²) in [4.78, 5) is 12.6. The van der Waals surface area contributed by atoms with Crippen LogP contribution in [0.5, 0.6) is 0 Å². The molecule has 0 spiro atoms. The summed E-state index contributed by atoms with van der Waals surface area (Å²) in [5.41, 5.74) is 0. The SMILES string of the molecule is CCCCCCCCCCCCCC/C=C/CC/C=C/CC/C=C/CCCC(O)C(O)C(CO)NC(=O)C(O)CCCCCCCCCCCCCCCCCCCCCCCCCCCC. The predicted molar refractivity (Wildman–Crippen MR) is 293 cm³/mol. The maximum atomic E-state index is 12.6. The summed E-state index contributed by atoms with van der Waals surface area (Å²) in [5, 5.41) is 44.0. The van der Waals surface area contributed by atoms with Crippen LogP contribution in [0.3, 0.4) is 0 Å². The fraction of sp³-hybridized carbons (Fsp3) is 0.885. The molecule has 67 heavy (non-hydrogen) atoms. The van der Waals surface area contributed by atoms with Gasteiger partial charge in [0.2, 0.25) is 5.91 Å². The molecule has 0 bridgehead atoms. The quantitative estimate of drug-likeness (QED) is 0.0308. The largest absolute Gasteiger partial charge is 0.394 e. The minimum absolute atomic E-state index is 0.362. The molecule has 0 saturated carbocycles. The number of nitrogens with one attached hydrogen (secondary N) is 1. The Hall–Kier alpha value is -1.47. The number of rotatable bonds is 55. The van der Waals surface area contributed by atoms with E-state index in [0.717, 1.165) is 51.4 Å². The molecular formula is C61H117NO5. The third-order valence-corrected chi connectivity index (χ3v) is 14.1. The molecule has 4 unspecified atom stereocenters. The lowest BCUT2D eigenvalue weighted by Gasteiger charge is -2.27. The maximum absolute atomic E-state index is 12.6. The van der Waals surface area contributed by atoms with Crippen molar-refractivity contribution in [3.8, 4) is 0 Å². The second kappa shape index (κ2) is 55.5. The van der Waals surface area contributed by atoms with Gasteiger partial charge in [-0.05, 0) is 64.2 Å². The standard InChI is InChI=1S/C61H117NO5/c1-3-5-7-9-11-13-15-17-19-21-23-25-27-29-31-33-35-37-39-41-43-45-47-49-51-53-55-59(65)61(67)62-57(56-63)60(66)58(64)54-52-50-48-46-44-42-40-38-36-34-32-30-28-26-24-22-20-18-16-14-12-10-8-6-4-2/h30,32,38,40,46,48,57-60,63-66H,3-29,31,33-37,39,41-45,47,49-56H2,1-2H3,(H,62,67)/b32-30+,40-38+,48-46+. The van der Waals surface area contributed by atoms with Crippen molar-refractivity contribution in [1.82, 2.24) is 5.32 Å². The molecule has 0 aromatic carbocycles. The van der Waals surface area contributed by atoms with Crippen molar-refractivity contribution in [2.45, 2.75) is 340 Å². The molecule has 1 amide bonds. The van der Waals surface area contributed by atoms with Gasteiger partial charge in [-0.3, -0.25) is 4.79 Å². The molecule has 5 N–H and O–H groups in total. The number of hydrogen-bond acceptors (Lipinski definition) is 5. The molecule has 0 aliphatic heterocycles. The summed E-state index contributed by atoms with van der Waals surface area (Å²) in [6.07, 6.45) is 69.4. The van der Waals surface area contributed by atoms with Crippen LogP contribution in [-0.4, -0.2) is 57.3 Å². The topological polar surface area (TPSA) is 110 Å². The Morgan fingerprint density at radius 1 is 0.358 bits per heavy atom. The first-order valence-corrected chi connectivity index (χ1v) is 29.9. The van der Waals surface area contributed by atoms with E-state index in [9.17, 15) is 25.2 Å². The van der Waals surface area contributed by atoms with E-state index in [1.165, 1.54) is 231 Å². The molecule has 0 aromatic rings. The molecule has 4 atom stereocenters.